The molecule has 1 fully saturated rings. The van der Waals surface area contributed by atoms with Crippen molar-refractivity contribution < 1.29 is 17.9 Å². The van der Waals surface area contributed by atoms with Gasteiger partial charge < -0.3 is 14.5 Å². The van der Waals surface area contributed by atoms with Gasteiger partial charge >= 0.3 is 0 Å². The molecule has 33 heavy (non-hydrogen) atoms. The van der Waals surface area contributed by atoms with E-state index in [0.717, 1.165) is 22.4 Å². The lowest BCUT2D eigenvalue weighted by molar-refractivity contribution is -0.140. The smallest absolute Gasteiger partial charge is 0.263 e. The van der Waals surface area contributed by atoms with E-state index in [2.05, 4.69) is 13.8 Å². The van der Waals surface area contributed by atoms with Crippen molar-refractivity contribution in [3.8, 4) is 5.75 Å². The first-order chi connectivity index (χ1) is 15.5. The Balaban J connectivity index is 1.85. The molecule has 1 amide bonds. The fourth-order valence-electron chi connectivity index (χ4n) is 4.20. The van der Waals surface area contributed by atoms with Crippen LogP contribution in [0, 0.1) is 6.92 Å². The first kappa shape index (κ1) is 25.1. The summed E-state index contributed by atoms with van der Waals surface area (Å²) in [5, 5.41) is 0. The standard InChI is InChI=1S/C26H36N2O4S/c1-18(2)24-12-7-19(3)15-25(24)32-20(4)26(29)28(23-13-14-33(30,31)17-23)16-21-8-10-22(11-9-21)27(5)6/h7-12,15,18,20,23H,13-14,16-17H2,1-6H3/t20-,23-/m1/s1. The Morgan fingerprint density at radius 1 is 1.09 bits per heavy atom. The molecule has 1 aliphatic heterocycles. The Bertz CT molecular complexity index is 1080. The lowest BCUT2D eigenvalue weighted by Gasteiger charge is -2.31. The molecule has 180 valence electrons. The summed E-state index contributed by atoms with van der Waals surface area (Å²) in [6.07, 6.45) is -0.271. The Labute approximate surface area is 198 Å². The van der Waals surface area contributed by atoms with Gasteiger partial charge in [-0.25, -0.2) is 8.42 Å². The number of amides is 1. The van der Waals surface area contributed by atoms with Gasteiger partial charge in [0.2, 0.25) is 0 Å². The second-order valence-electron chi connectivity index (χ2n) is 9.54. The summed E-state index contributed by atoms with van der Waals surface area (Å²) in [6.45, 7) is 8.29. The maximum atomic E-state index is 13.6. The molecule has 1 saturated heterocycles. The molecule has 1 heterocycles. The molecule has 2 atom stereocenters. The van der Waals surface area contributed by atoms with E-state index in [0.29, 0.717) is 18.7 Å². The number of benzene rings is 2. The zero-order valence-electron chi connectivity index (χ0n) is 20.5. The van der Waals surface area contributed by atoms with Crippen LogP contribution in [0.5, 0.6) is 5.75 Å². The van der Waals surface area contributed by atoms with E-state index in [4.69, 9.17) is 4.74 Å². The van der Waals surface area contributed by atoms with E-state index in [9.17, 15) is 13.2 Å². The zero-order valence-corrected chi connectivity index (χ0v) is 21.4. The van der Waals surface area contributed by atoms with Crippen LogP contribution < -0.4 is 9.64 Å². The normalized spacial score (nSPS) is 18.2. The van der Waals surface area contributed by atoms with Crippen LogP contribution in [0.1, 0.15) is 49.8 Å². The van der Waals surface area contributed by atoms with Crippen molar-refractivity contribution in [2.45, 2.75) is 58.7 Å². The van der Waals surface area contributed by atoms with E-state index in [1.165, 1.54) is 0 Å². The van der Waals surface area contributed by atoms with Gasteiger partial charge in [-0.1, -0.05) is 38.1 Å². The molecule has 1 aliphatic rings. The van der Waals surface area contributed by atoms with E-state index in [-0.39, 0.29) is 29.4 Å². The van der Waals surface area contributed by atoms with Gasteiger partial charge in [-0.2, -0.15) is 0 Å². The number of nitrogens with zero attached hydrogens (tertiary/aromatic N) is 2. The maximum Gasteiger partial charge on any atom is 0.263 e. The van der Waals surface area contributed by atoms with Crippen molar-refractivity contribution in [1.29, 1.82) is 0 Å². The van der Waals surface area contributed by atoms with E-state index in [1.807, 2.05) is 68.4 Å². The fourth-order valence-corrected chi connectivity index (χ4v) is 5.93. The lowest BCUT2D eigenvalue weighted by Crippen LogP contribution is -2.46. The molecule has 7 heteroatoms. The number of ether oxygens (including phenoxy) is 1. The molecule has 0 bridgehead atoms. The van der Waals surface area contributed by atoms with Crippen LogP contribution in [0.15, 0.2) is 42.5 Å². The minimum atomic E-state index is -3.13. The number of anilines is 1. The molecule has 2 aromatic rings. The molecule has 0 spiro atoms. The van der Waals surface area contributed by atoms with Gasteiger partial charge in [0, 0.05) is 32.4 Å². The lowest BCUT2D eigenvalue weighted by atomic mass is 10.0. The summed E-state index contributed by atoms with van der Waals surface area (Å²) in [5.41, 5.74) is 4.14. The Kier molecular flexibility index (Phi) is 7.73. The van der Waals surface area contributed by atoms with Crippen LogP contribution in [0.25, 0.3) is 0 Å². The van der Waals surface area contributed by atoms with Crippen molar-refractivity contribution in [3.63, 3.8) is 0 Å². The highest BCUT2D eigenvalue weighted by atomic mass is 32.2. The number of carbonyl (C=O) groups is 1. The number of aryl methyl sites for hydroxylation is 1. The summed E-state index contributed by atoms with van der Waals surface area (Å²) in [5.74, 6) is 0.897. The van der Waals surface area contributed by atoms with Gasteiger partial charge in [0.15, 0.2) is 15.9 Å². The summed E-state index contributed by atoms with van der Waals surface area (Å²) in [6, 6.07) is 13.7. The van der Waals surface area contributed by atoms with Crippen LogP contribution in [-0.4, -0.2) is 57.0 Å². The molecule has 0 radical (unpaired) electrons. The SMILES string of the molecule is Cc1ccc(C(C)C)c(O[C@H](C)C(=O)N(Cc2ccc(N(C)C)cc2)[C@@H]2CCS(=O)(=O)C2)c1. The van der Waals surface area contributed by atoms with Gasteiger partial charge in [-0.15, -0.1) is 0 Å². The number of carbonyl (C=O) groups excluding carboxylic acids is 1. The molecule has 0 aliphatic carbocycles. The Morgan fingerprint density at radius 2 is 1.76 bits per heavy atom. The predicted molar refractivity (Wildman–Crippen MR) is 134 cm³/mol. The molecular formula is C26H36N2O4S. The number of hydrogen-bond acceptors (Lipinski definition) is 5. The third-order valence-electron chi connectivity index (χ3n) is 6.18. The quantitative estimate of drug-likeness (QED) is 0.577. The van der Waals surface area contributed by atoms with Crippen LogP contribution in [0.3, 0.4) is 0 Å². The van der Waals surface area contributed by atoms with Crippen molar-refractivity contribution >= 4 is 21.4 Å². The van der Waals surface area contributed by atoms with Gasteiger partial charge in [-0.05, 0) is 61.1 Å². The average molecular weight is 473 g/mol. The van der Waals surface area contributed by atoms with Gasteiger partial charge in [0.05, 0.1) is 11.5 Å². The number of hydrogen-bond donors (Lipinski definition) is 0. The first-order valence-electron chi connectivity index (χ1n) is 11.5. The van der Waals surface area contributed by atoms with Crippen molar-refractivity contribution in [1.82, 2.24) is 4.90 Å². The summed E-state index contributed by atoms with van der Waals surface area (Å²) in [7, 11) is 0.819. The highest BCUT2D eigenvalue weighted by Gasteiger charge is 2.36. The molecule has 0 N–H and O–H groups in total. The zero-order chi connectivity index (χ0) is 24.3. The Morgan fingerprint density at radius 3 is 2.30 bits per heavy atom. The highest BCUT2D eigenvalue weighted by Crippen LogP contribution is 2.29. The monoisotopic (exact) mass is 472 g/mol. The summed E-state index contributed by atoms with van der Waals surface area (Å²) < 4.78 is 30.5. The molecular weight excluding hydrogens is 436 g/mol. The van der Waals surface area contributed by atoms with Crippen molar-refractivity contribution in [2.24, 2.45) is 0 Å². The topological polar surface area (TPSA) is 66.9 Å². The van der Waals surface area contributed by atoms with E-state index in [1.54, 1.807) is 11.8 Å². The number of rotatable bonds is 8. The van der Waals surface area contributed by atoms with E-state index < -0.39 is 15.9 Å². The predicted octanol–water partition coefficient (Wildman–Crippen LogP) is 4.17. The number of sulfone groups is 1. The summed E-state index contributed by atoms with van der Waals surface area (Å²) >= 11 is 0. The van der Waals surface area contributed by atoms with Crippen LogP contribution in [0.2, 0.25) is 0 Å². The van der Waals surface area contributed by atoms with E-state index >= 15 is 0 Å². The van der Waals surface area contributed by atoms with Crippen LogP contribution >= 0.6 is 0 Å². The third kappa shape index (κ3) is 6.28. The summed E-state index contributed by atoms with van der Waals surface area (Å²) in [4.78, 5) is 17.3. The maximum absolute atomic E-state index is 13.6. The molecule has 0 aromatic heterocycles. The molecule has 6 nitrogen and oxygen atoms in total. The molecule has 0 unspecified atom stereocenters. The van der Waals surface area contributed by atoms with Gasteiger partial charge in [-0.3, -0.25) is 4.79 Å². The van der Waals surface area contributed by atoms with Crippen molar-refractivity contribution in [2.75, 3.05) is 30.5 Å². The average Bonchev–Trinajstić information content (AvgIpc) is 3.11. The largest absolute Gasteiger partial charge is 0.481 e. The van der Waals surface area contributed by atoms with Gasteiger partial charge in [0.1, 0.15) is 5.75 Å². The van der Waals surface area contributed by atoms with Gasteiger partial charge in [0.25, 0.3) is 5.91 Å². The third-order valence-corrected chi connectivity index (χ3v) is 7.93. The fraction of sp³-hybridized carbons (Fsp3) is 0.500. The van der Waals surface area contributed by atoms with Crippen molar-refractivity contribution in [3.05, 3.63) is 59.2 Å². The first-order valence-corrected chi connectivity index (χ1v) is 13.3. The minimum absolute atomic E-state index is 0.00291. The highest BCUT2D eigenvalue weighted by molar-refractivity contribution is 7.91. The second kappa shape index (κ2) is 10.2. The Hall–Kier alpha value is -2.54. The minimum Gasteiger partial charge on any atom is -0.481 e. The van der Waals surface area contributed by atoms with Crippen LogP contribution in [0.4, 0.5) is 5.69 Å². The molecule has 3 rings (SSSR count). The second-order valence-corrected chi connectivity index (χ2v) is 11.8. The van der Waals surface area contributed by atoms with Crippen LogP contribution in [-0.2, 0) is 21.2 Å². The molecule has 0 saturated carbocycles. The molecule has 2 aromatic carbocycles.